The summed E-state index contributed by atoms with van der Waals surface area (Å²) in [6.07, 6.45) is 3.77. The predicted molar refractivity (Wildman–Crippen MR) is 92.4 cm³/mol. The van der Waals surface area contributed by atoms with Gasteiger partial charge in [0.2, 0.25) is 0 Å². The third kappa shape index (κ3) is 4.91. The van der Waals surface area contributed by atoms with Crippen molar-refractivity contribution in [1.29, 1.82) is 0 Å². The summed E-state index contributed by atoms with van der Waals surface area (Å²) in [7, 11) is 0. The van der Waals surface area contributed by atoms with E-state index in [1.807, 2.05) is 0 Å². The highest BCUT2D eigenvalue weighted by Crippen LogP contribution is 2.18. The second kappa shape index (κ2) is 8.04. The minimum atomic E-state index is 0. The molecule has 0 atom stereocenters. The summed E-state index contributed by atoms with van der Waals surface area (Å²) in [5.41, 5.74) is 7.17. The van der Waals surface area contributed by atoms with E-state index in [1.165, 1.54) is 19.3 Å². The zero-order valence-electron chi connectivity index (χ0n) is 11.6. The first-order chi connectivity index (χ1) is 8.66. The van der Waals surface area contributed by atoms with Crippen molar-refractivity contribution in [2.75, 3.05) is 13.1 Å². The molecule has 0 aromatic carbocycles. The zero-order valence-corrected chi connectivity index (χ0v) is 14.8. The first kappa shape index (κ1) is 16.7. The lowest BCUT2D eigenvalue weighted by molar-refractivity contribution is 0.338. The Morgan fingerprint density at radius 1 is 1.42 bits per heavy atom. The lowest BCUT2D eigenvalue weighted by atomic mass is 10.1. The topological polar surface area (TPSA) is 54.5 Å². The number of nitrogens with zero attached hydrogens (tertiary/aromatic N) is 3. The molecule has 0 radical (unpaired) electrons. The summed E-state index contributed by atoms with van der Waals surface area (Å²) >= 11 is 1.67. The molecule has 6 heteroatoms. The van der Waals surface area contributed by atoms with E-state index < -0.39 is 0 Å². The molecule has 0 saturated carbocycles. The number of hydrogen-bond acceptors (Lipinski definition) is 3. The molecule has 2 rings (SSSR count). The zero-order chi connectivity index (χ0) is 13.0. The van der Waals surface area contributed by atoms with Crippen LogP contribution in [0.3, 0.4) is 0 Å². The standard InChI is InChI=1S/C13H22N4S.HI/c1-10(2)11-9-18-12(16-11)8-15-13(14)17-6-4-3-5-7-17;/h9-10H,3-8H2,1-2H3,(H2,14,15);1H. The summed E-state index contributed by atoms with van der Waals surface area (Å²) in [5, 5.41) is 3.17. The van der Waals surface area contributed by atoms with Gasteiger partial charge in [0, 0.05) is 18.5 Å². The quantitative estimate of drug-likeness (QED) is 0.487. The number of guanidine groups is 1. The molecule has 1 aliphatic rings. The fraction of sp³-hybridized carbons (Fsp3) is 0.692. The van der Waals surface area contributed by atoms with Crippen LogP contribution in [0, 0.1) is 0 Å². The molecule has 1 aliphatic heterocycles. The van der Waals surface area contributed by atoms with Crippen molar-refractivity contribution >= 4 is 41.3 Å². The van der Waals surface area contributed by atoms with Crippen LogP contribution in [-0.4, -0.2) is 28.9 Å². The average Bonchev–Trinajstić information content (AvgIpc) is 2.86. The first-order valence-corrected chi connectivity index (χ1v) is 7.54. The minimum absolute atomic E-state index is 0. The molecule has 1 aromatic heterocycles. The van der Waals surface area contributed by atoms with Crippen LogP contribution >= 0.6 is 35.3 Å². The monoisotopic (exact) mass is 394 g/mol. The van der Waals surface area contributed by atoms with Gasteiger partial charge in [0.15, 0.2) is 5.96 Å². The molecule has 1 saturated heterocycles. The lowest BCUT2D eigenvalue weighted by Crippen LogP contribution is -2.40. The van der Waals surface area contributed by atoms with Gasteiger partial charge in [-0.2, -0.15) is 0 Å². The number of aliphatic imine (C=N–C) groups is 1. The molecule has 0 bridgehead atoms. The number of thiazole rings is 1. The SMILES string of the molecule is CC(C)c1csc(CN=C(N)N2CCCCC2)n1.I. The molecular formula is C13H23IN4S. The van der Waals surface area contributed by atoms with Gasteiger partial charge < -0.3 is 10.6 Å². The van der Waals surface area contributed by atoms with E-state index in [0.29, 0.717) is 18.4 Å². The molecule has 19 heavy (non-hydrogen) atoms. The third-order valence-corrected chi connectivity index (χ3v) is 4.07. The van der Waals surface area contributed by atoms with Crippen molar-refractivity contribution in [3.8, 4) is 0 Å². The Bertz CT molecular complexity index is 411. The van der Waals surface area contributed by atoms with Crippen molar-refractivity contribution in [3.63, 3.8) is 0 Å². The lowest BCUT2D eigenvalue weighted by Gasteiger charge is -2.27. The summed E-state index contributed by atoms with van der Waals surface area (Å²) < 4.78 is 0. The van der Waals surface area contributed by atoms with Crippen molar-refractivity contribution in [3.05, 3.63) is 16.1 Å². The van der Waals surface area contributed by atoms with Gasteiger partial charge >= 0.3 is 0 Å². The van der Waals surface area contributed by atoms with Gasteiger partial charge in [-0.05, 0) is 25.2 Å². The number of hydrogen-bond donors (Lipinski definition) is 1. The molecule has 4 nitrogen and oxygen atoms in total. The fourth-order valence-corrected chi connectivity index (χ4v) is 2.91. The fourth-order valence-electron chi connectivity index (χ4n) is 2.03. The molecule has 0 spiro atoms. The summed E-state index contributed by atoms with van der Waals surface area (Å²) in [4.78, 5) is 11.2. The molecule has 0 amide bonds. The molecule has 0 aliphatic carbocycles. The minimum Gasteiger partial charge on any atom is -0.370 e. The van der Waals surface area contributed by atoms with Gasteiger partial charge in [0.1, 0.15) is 5.01 Å². The largest absolute Gasteiger partial charge is 0.370 e. The van der Waals surface area contributed by atoms with Crippen molar-refractivity contribution in [2.45, 2.75) is 45.6 Å². The van der Waals surface area contributed by atoms with Gasteiger partial charge in [-0.3, -0.25) is 0 Å². The van der Waals surface area contributed by atoms with Crippen molar-refractivity contribution in [1.82, 2.24) is 9.88 Å². The maximum Gasteiger partial charge on any atom is 0.191 e. The van der Waals surface area contributed by atoms with Crippen LogP contribution in [-0.2, 0) is 6.54 Å². The van der Waals surface area contributed by atoms with Crippen LogP contribution in [0.1, 0.15) is 49.7 Å². The molecule has 0 unspecified atom stereocenters. The van der Waals surface area contributed by atoms with Crippen LogP contribution in [0.2, 0.25) is 0 Å². The van der Waals surface area contributed by atoms with Crippen LogP contribution in [0.5, 0.6) is 0 Å². The van der Waals surface area contributed by atoms with Gasteiger partial charge in [0.05, 0.1) is 12.2 Å². The van der Waals surface area contributed by atoms with Gasteiger partial charge in [-0.15, -0.1) is 35.3 Å². The Morgan fingerprint density at radius 2 is 2.11 bits per heavy atom. The maximum atomic E-state index is 6.02. The maximum absolute atomic E-state index is 6.02. The van der Waals surface area contributed by atoms with Crippen molar-refractivity contribution in [2.24, 2.45) is 10.7 Å². The van der Waals surface area contributed by atoms with Crippen LogP contribution in [0.4, 0.5) is 0 Å². The van der Waals surface area contributed by atoms with E-state index in [2.05, 4.69) is 34.1 Å². The number of halogens is 1. The highest BCUT2D eigenvalue weighted by Gasteiger charge is 2.12. The Labute approximate surface area is 136 Å². The smallest absolute Gasteiger partial charge is 0.191 e. The second-order valence-corrected chi connectivity index (χ2v) is 5.99. The van der Waals surface area contributed by atoms with Crippen LogP contribution < -0.4 is 5.73 Å². The van der Waals surface area contributed by atoms with Crippen molar-refractivity contribution < 1.29 is 0 Å². The summed E-state index contributed by atoms with van der Waals surface area (Å²) in [6.45, 7) is 7.02. The van der Waals surface area contributed by atoms with E-state index in [1.54, 1.807) is 11.3 Å². The molecule has 2 heterocycles. The molecule has 1 fully saturated rings. The van der Waals surface area contributed by atoms with E-state index in [9.17, 15) is 0 Å². The van der Waals surface area contributed by atoms with Gasteiger partial charge in [0.25, 0.3) is 0 Å². The average molecular weight is 394 g/mol. The Hall–Kier alpha value is -0.370. The molecule has 108 valence electrons. The van der Waals surface area contributed by atoms with E-state index in [-0.39, 0.29) is 24.0 Å². The third-order valence-electron chi connectivity index (χ3n) is 3.22. The Kier molecular flexibility index (Phi) is 7.06. The van der Waals surface area contributed by atoms with E-state index in [0.717, 1.165) is 23.8 Å². The molecule has 2 N–H and O–H groups in total. The van der Waals surface area contributed by atoms with E-state index >= 15 is 0 Å². The highest BCUT2D eigenvalue weighted by molar-refractivity contribution is 14.0. The molecular weight excluding hydrogens is 371 g/mol. The van der Waals surface area contributed by atoms with E-state index in [4.69, 9.17) is 5.73 Å². The van der Waals surface area contributed by atoms with Crippen LogP contribution in [0.15, 0.2) is 10.4 Å². The molecule has 1 aromatic rings. The first-order valence-electron chi connectivity index (χ1n) is 6.66. The van der Waals surface area contributed by atoms with Gasteiger partial charge in [-0.1, -0.05) is 13.8 Å². The van der Waals surface area contributed by atoms with Crippen LogP contribution in [0.25, 0.3) is 0 Å². The number of likely N-dealkylation sites (tertiary alicyclic amines) is 1. The second-order valence-electron chi connectivity index (χ2n) is 5.04. The Balaban J connectivity index is 0.00000180. The van der Waals surface area contributed by atoms with Gasteiger partial charge in [-0.25, -0.2) is 9.98 Å². The predicted octanol–water partition coefficient (Wildman–Crippen LogP) is 3.19. The summed E-state index contributed by atoms with van der Waals surface area (Å²) in [6, 6.07) is 0. The Morgan fingerprint density at radius 3 is 2.68 bits per heavy atom. The normalized spacial score (nSPS) is 16.6. The number of piperidine rings is 1. The number of nitrogens with two attached hydrogens (primary N) is 1. The number of aromatic nitrogens is 1. The number of rotatable bonds is 3. The summed E-state index contributed by atoms with van der Waals surface area (Å²) in [5.74, 6) is 1.16. The highest BCUT2D eigenvalue weighted by atomic mass is 127.